The summed E-state index contributed by atoms with van der Waals surface area (Å²) in [5, 5.41) is 0. The molecule has 0 aromatic carbocycles. The quantitative estimate of drug-likeness (QED) is 0.743. The maximum atomic E-state index is 13.2. The van der Waals surface area contributed by atoms with Crippen molar-refractivity contribution in [3.8, 4) is 0 Å². The average Bonchev–Trinajstić information content (AvgIpc) is 2.43. The van der Waals surface area contributed by atoms with Crippen molar-refractivity contribution in [2.45, 2.75) is 83.5 Å². The van der Waals surface area contributed by atoms with Gasteiger partial charge in [-0.3, -0.25) is 9.69 Å². The number of hydrogen-bond donors (Lipinski definition) is 0. The fourth-order valence-electron chi connectivity index (χ4n) is 4.76. The Kier molecular flexibility index (Phi) is 5.56. The summed E-state index contributed by atoms with van der Waals surface area (Å²) in [6, 6.07) is 0. The zero-order valence-electron chi connectivity index (χ0n) is 15.4. The predicted molar refractivity (Wildman–Crippen MR) is 95.3 cm³/mol. The third-order valence-corrected chi connectivity index (χ3v) is 6.70. The van der Waals surface area contributed by atoms with Gasteiger partial charge >= 0.3 is 0 Å². The molecule has 0 spiro atoms. The van der Waals surface area contributed by atoms with Crippen molar-refractivity contribution in [1.82, 2.24) is 4.90 Å². The molecule has 0 aromatic rings. The third-order valence-electron chi connectivity index (χ3n) is 5.89. The average molecular weight is 326 g/mol. The largest absolute Gasteiger partial charge is 0.383 e. The second-order valence-electron chi connectivity index (χ2n) is 8.52. The van der Waals surface area contributed by atoms with Crippen LogP contribution in [0.25, 0.3) is 0 Å². The zero-order valence-corrected chi connectivity index (χ0v) is 17.4. The number of piperidine rings is 1. The second kappa shape index (κ2) is 6.74. The molecule has 2 saturated heterocycles. The van der Waals surface area contributed by atoms with Crippen molar-refractivity contribution >= 4 is 16.0 Å². The van der Waals surface area contributed by atoms with Crippen LogP contribution < -0.4 is 0 Å². The minimum absolute atomic E-state index is 0.107. The Hall–Kier alpha value is -0.193. The Morgan fingerprint density at radius 2 is 2.00 bits per heavy atom. The molecule has 0 aromatic heterocycles. The number of Topliss-reactive ketones (excluding diaryl/α,β-unsaturated/α-hetero) is 1. The molecule has 2 heterocycles. The number of unbranched alkanes of at least 4 members (excludes halogenated alkanes) is 1. The molecular formula is C18H35NO2Si. The molecule has 0 saturated carbocycles. The SMILES string of the molecule is CCCCN1C(C)(C)CC(C2CCOC([SiH3])C2)C(=O)C1(C)C. The maximum absolute atomic E-state index is 13.2. The molecule has 2 aliphatic rings. The first-order valence-electron chi connectivity index (χ1n) is 9.13. The fraction of sp³-hybridized carbons (Fsp3) is 0.944. The lowest BCUT2D eigenvalue weighted by Gasteiger charge is -2.56. The van der Waals surface area contributed by atoms with Gasteiger partial charge in [-0.25, -0.2) is 0 Å². The molecule has 22 heavy (non-hydrogen) atoms. The van der Waals surface area contributed by atoms with Crippen LogP contribution in [0.4, 0.5) is 0 Å². The highest BCUT2D eigenvalue weighted by atomic mass is 28.1. The van der Waals surface area contributed by atoms with Gasteiger partial charge in [0.2, 0.25) is 0 Å². The van der Waals surface area contributed by atoms with E-state index in [-0.39, 0.29) is 17.0 Å². The number of ether oxygens (including phenoxy) is 1. The molecular weight excluding hydrogens is 290 g/mol. The van der Waals surface area contributed by atoms with Crippen LogP contribution in [0.5, 0.6) is 0 Å². The summed E-state index contributed by atoms with van der Waals surface area (Å²) >= 11 is 0. The molecule has 0 bridgehead atoms. The monoisotopic (exact) mass is 325 g/mol. The van der Waals surface area contributed by atoms with Gasteiger partial charge in [0, 0.05) is 34.0 Å². The van der Waals surface area contributed by atoms with E-state index < -0.39 is 0 Å². The summed E-state index contributed by atoms with van der Waals surface area (Å²) in [6.07, 6.45) is 5.53. The molecule has 3 atom stereocenters. The summed E-state index contributed by atoms with van der Waals surface area (Å²) in [4.78, 5) is 15.7. The Balaban J connectivity index is 2.21. The first-order valence-corrected chi connectivity index (χ1v) is 10.3. The predicted octanol–water partition coefficient (Wildman–Crippen LogP) is 2.35. The van der Waals surface area contributed by atoms with E-state index in [1.54, 1.807) is 0 Å². The summed E-state index contributed by atoms with van der Waals surface area (Å²) in [7, 11) is 1.08. The number of likely N-dealkylation sites (tertiary alicyclic amines) is 1. The Labute approximate surface area is 139 Å². The smallest absolute Gasteiger partial charge is 0.155 e. The lowest BCUT2D eigenvalue weighted by Crippen LogP contribution is -2.66. The highest BCUT2D eigenvalue weighted by molar-refractivity contribution is 6.11. The van der Waals surface area contributed by atoms with E-state index in [1.165, 1.54) is 12.8 Å². The Morgan fingerprint density at radius 1 is 1.32 bits per heavy atom. The molecule has 0 radical (unpaired) electrons. The van der Waals surface area contributed by atoms with E-state index in [0.717, 1.165) is 42.7 Å². The first-order chi connectivity index (χ1) is 10.2. The van der Waals surface area contributed by atoms with Crippen molar-refractivity contribution in [2.24, 2.45) is 11.8 Å². The van der Waals surface area contributed by atoms with Crippen LogP contribution in [-0.2, 0) is 9.53 Å². The van der Waals surface area contributed by atoms with Crippen LogP contribution in [-0.4, -0.2) is 50.9 Å². The van der Waals surface area contributed by atoms with Gasteiger partial charge in [0.25, 0.3) is 0 Å². The van der Waals surface area contributed by atoms with E-state index in [4.69, 9.17) is 4.74 Å². The van der Waals surface area contributed by atoms with Crippen LogP contribution in [0.1, 0.15) is 66.7 Å². The van der Waals surface area contributed by atoms with Gasteiger partial charge in [-0.15, -0.1) is 0 Å². The summed E-state index contributed by atoms with van der Waals surface area (Å²) < 4.78 is 5.75. The topological polar surface area (TPSA) is 29.5 Å². The minimum atomic E-state index is -0.333. The van der Waals surface area contributed by atoms with E-state index in [9.17, 15) is 4.79 Å². The first kappa shape index (κ1) is 18.1. The van der Waals surface area contributed by atoms with Crippen LogP contribution >= 0.6 is 0 Å². The molecule has 4 heteroatoms. The summed E-state index contributed by atoms with van der Waals surface area (Å²) in [6.45, 7) is 13.1. The molecule has 3 nitrogen and oxygen atoms in total. The molecule has 3 unspecified atom stereocenters. The molecule has 0 aliphatic carbocycles. The lowest BCUT2D eigenvalue weighted by atomic mass is 9.66. The second-order valence-corrected chi connectivity index (χ2v) is 9.81. The standard InChI is InChI=1S/C18H35NO2Si/c1-6-7-9-19-17(2,3)12-14(16(20)18(19,4)5)13-8-10-21-15(22)11-13/h13-15H,6-12H2,1-5,22H3. The van der Waals surface area contributed by atoms with E-state index in [2.05, 4.69) is 39.5 Å². The van der Waals surface area contributed by atoms with Crippen molar-refractivity contribution < 1.29 is 9.53 Å². The summed E-state index contributed by atoms with van der Waals surface area (Å²) in [5.41, 5.74) is 0.215. The van der Waals surface area contributed by atoms with Gasteiger partial charge in [-0.2, -0.15) is 0 Å². The van der Waals surface area contributed by atoms with Crippen LogP contribution in [0.2, 0.25) is 0 Å². The maximum Gasteiger partial charge on any atom is 0.155 e. The van der Waals surface area contributed by atoms with E-state index in [0.29, 0.717) is 17.4 Å². The fourth-order valence-corrected chi connectivity index (χ4v) is 5.60. The van der Waals surface area contributed by atoms with Gasteiger partial charge in [0.05, 0.1) is 5.54 Å². The number of carbonyl (C=O) groups is 1. The highest BCUT2D eigenvalue weighted by Crippen LogP contribution is 2.44. The molecule has 2 fully saturated rings. The van der Waals surface area contributed by atoms with Gasteiger partial charge in [-0.1, -0.05) is 13.3 Å². The number of nitrogens with zero attached hydrogens (tertiary/aromatic N) is 1. The minimum Gasteiger partial charge on any atom is -0.383 e. The third kappa shape index (κ3) is 3.49. The van der Waals surface area contributed by atoms with Crippen molar-refractivity contribution in [1.29, 1.82) is 0 Å². The number of hydrogen-bond acceptors (Lipinski definition) is 3. The number of ketones is 1. The zero-order chi connectivity index (χ0) is 16.5. The summed E-state index contributed by atoms with van der Waals surface area (Å²) in [5.74, 6) is 1.24. The van der Waals surface area contributed by atoms with Crippen molar-refractivity contribution in [3.05, 3.63) is 0 Å². The van der Waals surface area contributed by atoms with Gasteiger partial charge in [0.1, 0.15) is 0 Å². The van der Waals surface area contributed by atoms with Crippen molar-refractivity contribution in [2.75, 3.05) is 13.2 Å². The molecule has 128 valence electrons. The Bertz CT molecular complexity index is 408. The van der Waals surface area contributed by atoms with Gasteiger partial charge in [-0.05, 0) is 65.8 Å². The molecule has 0 N–H and O–H groups in total. The van der Waals surface area contributed by atoms with Crippen LogP contribution in [0.3, 0.4) is 0 Å². The molecule has 2 aliphatic heterocycles. The molecule has 0 amide bonds. The van der Waals surface area contributed by atoms with Crippen LogP contribution in [0.15, 0.2) is 0 Å². The highest BCUT2D eigenvalue weighted by Gasteiger charge is 2.52. The number of rotatable bonds is 4. The van der Waals surface area contributed by atoms with E-state index in [1.807, 2.05) is 0 Å². The normalized spacial score (nSPS) is 35.7. The van der Waals surface area contributed by atoms with Gasteiger partial charge in [0.15, 0.2) is 5.78 Å². The lowest BCUT2D eigenvalue weighted by molar-refractivity contribution is -0.153. The number of carbonyl (C=O) groups excluding carboxylic acids is 1. The van der Waals surface area contributed by atoms with Crippen molar-refractivity contribution in [3.63, 3.8) is 0 Å². The van der Waals surface area contributed by atoms with Crippen LogP contribution in [0, 0.1) is 11.8 Å². The Morgan fingerprint density at radius 3 is 2.59 bits per heavy atom. The van der Waals surface area contributed by atoms with Gasteiger partial charge < -0.3 is 4.74 Å². The molecule has 2 rings (SSSR count). The van der Waals surface area contributed by atoms with E-state index >= 15 is 0 Å².